The Labute approximate surface area is 117 Å². The van der Waals surface area contributed by atoms with Crippen LogP contribution in [0.15, 0.2) is 4.42 Å². The number of rotatable bonds is 2. The molecule has 1 aliphatic rings. The van der Waals surface area contributed by atoms with Crippen molar-refractivity contribution in [2.24, 2.45) is 5.41 Å². The number of aryl methyl sites for hydroxylation is 2. The predicted molar refractivity (Wildman–Crippen MR) is 62.6 cm³/mol. The van der Waals surface area contributed by atoms with E-state index in [0.717, 1.165) is 4.90 Å². The number of carbonyl (C=O) groups is 2. The zero-order valence-electron chi connectivity index (χ0n) is 11.3. The Balaban J connectivity index is 2.28. The van der Waals surface area contributed by atoms with Crippen LogP contribution in [0.2, 0.25) is 0 Å². The molecular formula is C12H13F3N2O4. The second kappa shape index (κ2) is 4.74. The van der Waals surface area contributed by atoms with E-state index in [1.165, 1.54) is 13.8 Å². The molecule has 0 saturated carbocycles. The number of aliphatic carboxylic acids is 1. The van der Waals surface area contributed by atoms with Crippen molar-refractivity contribution in [1.29, 1.82) is 0 Å². The largest absolute Gasteiger partial charge is 0.481 e. The van der Waals surface area contributed by atoms with Crippen LogP contribution in [0.25, 0.3) is 0 Å². The Kier molecular flexibility index (Phi) is 3.46. The van der Waals surface area contributed by atoms with E-state index in [2.05, 4.69) is 4.98 Å². The molecule has 0 aliphatic carbocycles. The molecule has 2 rings (SSSR count). The van der Waals surface area contributed by atoms with Crippen molar-refractivity contribution >= 4 is 11.9 Å². The second-order valence-electron chi connectivity index (χ2n) is 5.01. The van der Waals surface area contributed by atoms with Crippen LogP contribution in [-0.4, -0.2) is 46.1 Å². The highest BCUT2D eigenvalue weighted by Gasteiger charge is 2.64. The first-order valence-corrected chi connectivity index (χ1v) is 6.12. The van der Waals surface area contributed by atoms with Crippen LogP contribution >= 0.6 is 0 Å². The highest BCUT2D eigenvalue weighted by Crippen LogP contribution is 2.46. The maximum atomic E-state index is 13.0. The van der Waals surface area contributed by atoms with Gasteiger partial charge in [0.05, 0.1) is 5.69 Å². The molecular weight excluding hydrogens is 293 g/mol. The van der Waals surface area contributed by atoms with Gasteiger partial charge < -0.3 is 14.4 Å². The van der Waals surface area contributed by atoms with Crippen LogP contribution < -0.4 is 0 Å². The van der Waals surface area contributed by atoms with Gasteiger partial charge in [-0.05, 0) is 13.3 Å². The monoisotopic (exact) mass is 306 g/mol. The SMILES string of the molecule is Cc1nc(C)c(C(=O)N2CCC(C(=O)O)(C(F)(F)F)C2)o1. The summed E-state index contributed by atoms with van der Waals surface area (Å²) >= 11 is 0. The number of nitrogens with zero attached hydrogens (tertiary/aromatic N) is 2. The molecule has 1 atom stereocenters. The average Bonchev–Trinajstić information content (AvgIpc) is 2.92. The van der Waals surface area contributed by atoms with Crippen LogP contribution in [0.4, 0.5) is 13.2 Å². The number of amides is 1. The zero-order valence-corrected chi connectivity index (χ0v) is 11.3. The Hall–Kier alpha value is -2.06. The number of aromatic nitrogens is 1. The molecule has 1 aromatic heterocycles. The number of hydrogen-bond donors (Lipinski definition) is 1. The zero-order chi connectivity index (χ0) is 16.0. The summed E-state index contributed by atoms with van der Waals surface area (Å²) in [7, 11) is 0. The van der Waals surface area contributed by atoms with E-state index in [1.807, 2.05) is 0 Å². The van der Waals surface area contributed by atoms with Gasteiger partial charge in [0.2, 0.25) is 5.76 Å². The molecule has 0 spiro atoms. The first kappa shape index (κ1) is 15.3. The first-order valence-electron chi connectivity index (χ1n) is 6.12. The Morgan fingerprint density at radius 3 is 2.38 bits per heavy atom. The number of halogens is 3. The molecule has 1 N–H and O–H groups in total. The molecule has 0 bridgehead atoms. The van der Waals surface area contributed by atoms with Crippen LogP contribution in [0.5, 0.6) is 0 Å². The number of carbonyl (C=O) groups excluding carboxylic acids is 1. The number of carboxylic acids is 1. The summed E-state index contributed by atoms with van der Waals surface area (Å²) in [5.74, 6) is -2.69. The van der Waals surface area contributed by atoms with E-state index in [9.17, 15) is 22.8 Å². The lowest BCUT2D eigenvalue weighted by Gasteiger charge is -2.27. The van der Waals surface area contributed by atoms with E-state index >= 15 is 0 Å². The summed E-state index contributed by atoms with van der Waals surface area (Å²) in [4.78, 5) is 27.9. The van der Waals surface area contributed by atoms with Gasteiger partial charge in [0.25, 0.3) is 5.91 Å². The van der Waals surface area contributed by atoms with Gasteiger partial charge in [-0.3, -0.25) is 9.59 Å². The molecule has 1 unspecified atom stereocenters. The molecule has 2 heterocycles. The van der Waals surface area contributed by atoms with Crippen molar-refractivity contribution in [2.75, 3.05) is 13.1 Å². The molecule has 116 valence electrons. The van der Waals surface area contributed by atoms with E-state index in [1.54, 1.807) is 0 Å². The van der Waals surface area contributed by atoms with Crippen molar-refractivity contribution < 1.29 is 32.3 Å². The van der Waals surface area contributed by atoms with Gasteiger partial charge in [0.1, 0.15) is 0 Å². The molecule has 1 aromatic rings. The number of likely N-dealkylation sites (tertiary alicyclic amines) is 1. The van der Waals surface area contributed by atoms with Gasteiger partial charge in [-0.2, -0.15) is 13.2 Å². The van der Waals surface area contributed by atoms with Gasteiger partial charge in [0, 0.05) is 20.0 Å². The van der Waals surface area contributed by atoms with E-state index in [-0.39, 0.29) is 23.9 Å². The quantitative estimate of drug-likeness (QED) is 0.900. The maximum Gasteiger partial charge on any atom is 0.406 e. The van der Waals surface area contributed by atoms with Crippen molar-refractivity contribution in [3.05, 3.63) is 17.3 Å². The van der Waals surface area contributed by atoms with Crippen molar-refractivity contribution in [3.8, 4) is 0 Å². The van der Waals surface area contributed by atoms with Crippen molar-refractivity contribution in [1.82, 2.24) is 9.88 Å². The normalized spacial score (nSPS) is 22.6. The Morgan fingerprint density at radius 1 is 1.38 bits per heavy atom. The van der Waals surface area contributed by atoms with Crippen molar-refractivity contribution in [2.45, 2.75) is 26.4 Å². The van der Waals surface area contributed by atoms with Crippen LogP contribution in [0.1, 0.15) is 28.6 Å². The molecule has 1 aliphatic heterocycles. The minimum absolute atomic E-state index is 0.157. The first-order chi connectivity index (χ1) is 9.58. The molecule has 0 aromatic carbocycles. The van der Waals surface area contributed by atoms with E-state index < -0.39 is 36.4 Å². The molecule has 9 heteroatoms. The summed E-state index contributed by atoms with van der Waals surface area (Å²) in [5, 5.41) is 8.93. The molecule has 0 radical (unpaired) electrons. The summed E-state index contributed by atoms with van der Waals surface area (Å²) < 4.78 is 44.2. The van der Waals surface area contributed by atoms with E-state index in [0.29, 0.717) is 0 Å². The maximum absolute atomic E-state index is 13.0. The van der Waals surface area contributed by atoms with E-state index in [4.69, 9.17) is 9.52 Å². The van der Waals surface area contributed by atoms with Gasteiger partial charge in [0.15, 0.2) is 11.3 Å². The van der Waals surface area contributed by atoms with Gasteiger partial charge in [-0.15, -0.1) is 0 Å². The van der Waals surface area contributed by atoms with Gasteiger partial charge in [-0.1, -0.05) is 0 Å². The van der Waals surface area contributed by atoms with Crippen LogP contribution in [0, 0.1) is 19.3 Å². The fourth-order valence-corrected chi connectivity index (χ4v) is 2.38. The third-order valence-electron chi connectivity index (χ3n) is 3.61. The molecule has 6 nitrogen and oxygen atoms in total. The Morgan fingerprint density at radius 2 is 2.00 bits per heavy atom. The fourth-order valence-electron chi connectivity index (χ4n) is 2.38. The summed E-state index contributed by atoms with van der Waals surface area (Å²) in [5.41, 5.74) is -2.66. The lowest BCUT2D eigenvalue weighted by molar-refractivity contribution is -0.227. The predicted octanol–water partition coefficient (Wildman–Crippen LogP) is 1.77. The number of oxazole rings is 1. The number of carboxylic acid groups (broad SMARTS) is 1. The minimum Gasteiger partial charge on any atom is -0.481 e. The Bertz CT molecular complexity index is 596. The summed E-state index contributed by atoms with van der Waals surface area (Å²) in [6.07, 6.45) is -5.61. The average molecular weight is 306 g/mol. The highest BCUT2D eigenvalue weighted by molar-refractivity contribution is 5.93. The fraction of sp³-hybridized carbons (Fsp3) is 0.583. The lowest BCUT2D eigenvalue weighted by atomic mass is 9.86. The van der Waals surface area contributed by atoms with Crippen molar-refractivity contribution in [3.63, 3.8) is 0 Å². The van der Waals surface area contributed by atoms with Crippen LogP contribution in [0.3, 0.4) is 0 Å². The molecule has 1 amide bonds. The topological polar surface area (TPSA) is 83.6 Å². The molecule has 21 heavy (non-hydrogen) atoms. The third-order valence-corrected chi connectivity index (χ3v) is 3.61. The number of alkyl halides is 3. The summed E-state index contributed by atoms with van der Waals surface area (Å²) in [6, 6.07) is 0. The minimum atomic E-state index is -4.93. The standard InChI is InChI=1S/C12H13F3N2O4/c1-6-8(21-7(2)16-6)9(18)17-4-3-11(5-17,10(19)20)12(13,14)15/h3-5H2,1-2H3,(H,19,20). The van der Waals surface area contributed by atoms with Gasteiger partial charge >= 0.3 is 12.1 Å². The number of hydrogen-bond acceptors (Lipinski definition) is 4. The second-order valence-corrected chi connectivity index (χ2v) is 5.01. The molecule has 1 fully saturated rings. The highest BCUT2D eigenvalue weighted by atomic mass is 19.4. The molecule has 1 saturated heterocycles. The van der Waals surface area contributed by atoms with Crippen LogP contribution in [-0.2, 0) is 4.79 Å². The lowest BCUT2D eigenvalue weighted by Crippen LogP contribution is -2.47. The third kappa shape index (κ3) is 2.36. The smallest absolute Gasteiger partial charge is 0.406 e. The van der Waals surface area contributed by atoms with Gasteiger partial charge in [-0.25, -0.2) is 4.98 Å². The summed E-state index contributed by atoms with van der Waals surface area (Å²) in [6.45, 7) is 1.77.